The van der Waals surface area contributed by atoms with E-state index in [1.54, 1.807) is 0 Å². The van der Waals surface area contributed by atoms with E-state index in [0.717, 1.165) is 37.3 Å². The minimum Gasteiger partial charge on any atom is -0.306 e. The third-order valence-electron chi connectivity index (χ3n) is 4.19. The molecule has 2 heterocycles. The Labute approximate surface area is 129 Å². The molecule has 21 heavy (non-hydrogen) atoms. The fraction of sp³-hybridized carbons (Fsp3) is 0.875. The Morgan fingerprint density at radius 1 is 1.33 bits per heavy atom. The molecule has 0 saturated carbocycles. The third-order valence-corrected chi connectivity index (χ3v) is 4.19. The smallest absolute Gasteiger partial charge is 0.0965 e. The van der Waals surface area contributed by atoms with Crippen LogP contribution in [0.5, 0.6) is 0 Å². The Bertz CT molecular complexity index is 432. The summed E-state index contributed by atoms with van der Waals surface area (Å²) >= 11 is 0. The second kappa shape index (κ2) is 6.88. The number of nitrogens with one attached hydrogen (secondary N) is 1. The lowest BCUT2D eigenvalue weighted by atomic mass is 10.0. The number of nitrogens with zero attached hydrogens (tertiary/aromatic N) is 4. The second-order valence-corrected chi connectivity index (χ2v) is 7.57. The molecule has 1 atom stereocenters. The predicted molar refractivity (Wildman–Crippen MR) is 86.0 cm³/mol. The van der Waals surface area contributed by atoms with E-state index in [1.165, 1.54) is 19.4 Å². The number of hydrogen-bond donors (Lipinski definition) is 1. The highest BCUT2D eigenvalue weighted by Crippen LogP contribution is 2.23. The van der Waals surface area contributed by atoms with Crippen LogP contribution in [0, 0.1) is 5.92 Å². The molecule has 0 radical (unpaired) electrons. The van der Waals surface area contributed by atoms with Crippen molar-refractivity contribution in [3.63, 3.8) is 0 Å². The van der Waals surface area contributed by atoms with E-state index in [1.807, 2.05) is 4.68 Å². The molecule has 0 aliphatic carbocycles. The van der Waals surface area contributed by atoms with E-state index in [-0.39, 0.29) is 5.54 Å². The predicted octanol–water partition coefficient (Wildman–Crippen LogP) is 2.29. The molecule has 0 spiro atoms. The van der Waals surface area contributed by atoms with Crippen LogP contribution in [0.25, 0.3) is 0 Å². The van der Waals surface area contributed by atoms with Gasteiger partial charge in [0.25, 0.3) is 0 Å². The zero-order valence-corrected chi connectivity index (χ0v) is 14.3. The van der Waals surface area contributed by atoms with Gasteiger partial charge in [-0.25, -0.2) is 0 Å². The van der Waals surface area contributed by atoms with Crippen molar-refractivity contribution in [2.75, 3.05) is 13.1 Å². The maximum absolute atomic E-state index is 4.25. The van der Waals surface area contributed by atoms with E-state index < -0.39 is 0 Å². The number of likely N-dealkylation sites (tertiary alicyclic amines) is 1. The fourth-order valence-corrected chi connectivity index (χ4v) is 3.00. The van der Waals surface area contributed by atoms with Gasteiger partial charge in [0.05, 0.1) is 12.2 Å². The first-order valence-electron chi connectivity index (χ1n) is 8.23. The van der Waals surface area contributed by atoms with Crippen molar-refractivity contribution >= 4 is 0 Å². The summed E-state index contributed by atoms with van der Waals surface area (Å²) in [6.07, 6.45) is 4.75. The molecule has 1 aliphatic heterocycles. The van der Waals surface area contributed by atoms with Gasteiger partial charge < -0.3 is 5.32 Å². The average molecular weight is 293 g/mol. The van der Waals surface area contributed by atoms with Gasteiger partial charge in [0, 0.05) is 30.9 Å². The molecule has 1 aromatic heterocycles. The fourth-order valence-electron chi connectivity index (χ4n) is 3.00. The Morgan fingerprint density at radius 2 is 2.10 bits per heavy atom. The summed E-state index contributed by atoms with van der Waals surface area (Å²) in [6, 6.07) is 0.746. The van der Waals surface area contributed by atoms with Crippen molar-refractivity contribution in [2.45, 2.75) is 72.1 Å². The molecule has 2 rings (SSSR count). The van der Waals surface area contributed by atoms with Gasteiger partial charge in [-0.2, -0.15) is 0 Å². The van der Waals surface area contributed by atoms with Gasteiger partial charge in [0.1, 0.15) is 0 Å². The van der Waals surface area contributed by atoms with Crippen molar-refractivity contribution in [1.29, 1.82) is 0 Å². The average Bonchev–Trinajstić information content (AvgIpc) is 3.02. The number of rotatable bonds is 6. The summed E-state index contributed by atoms with van der Waals surface area (Å²) in [7, 11) is 0. The quantitative estimate of drug-likeness (QED) is 0.874. The van der Waals surface area contributed by atoms with Crippen LogP contribution in [-0.2, 0) is 13.1 Å². The number of hydrogen-bond acceptors (Lipinski definition) is 4. The van der Waals surface area contributed by atoms with Gasteiger partial charge in [-0.1, -0.05) is 19.1 Å². The summed E-state index contributed by atoms with van der Waals surface area (Å²) in [5.41, 5.74) is 1.14. The monoisotopic (exact) mass is 293 g/mol. The zero-order chi connectivity index (χ0) is 15.5. The second-order valence-electron chi connectivity index (χ2n) is 7.57. The zero-order valence-electron chi connectivity index (χ0n) is 14.3. The summed E-state index contributed by atoms with van der Waals surface area (Å²) < 4.78 is 1.98. The molecule has 1 unspecified atom stereocenters. The largest absolute Gasteiger partial charge is 0.306 e. The van der Waals surface area contributed by atoms with Crippen LogP contribution in [0.4, 0.5) is 0 Å². The van der Waals surface area contributed by atoms with Crippen molar-refractivity contribution in [1.82, 2.24) is 25.2 Å². The summed E-state index contributed by atoms with van der Waals surface area (Å²) in [6.45, 7) is 15.2. The molecule has 5 heteroatoms. The van der Waals surface area contributed by atoms with Crippen molar-refractivity contribution < 1.29 is 0 Å². The Morgan fingerprint density at radius 3 is 2.76 bits per heavy atom. The van der Waals surface area contributed by atoms with Crippen LogP contribution < -0.4 is 5.32 Å². The lowest BCUT2D eigenvalue weighted by Gasteiger charge is -2.27. The van der Waals surface area contributed by atoms with Gasteiger partial charge in [-0.05, 0) is 46.1 Å². The standard InChI is InChI=1S/C16H31N5/c1-13(2)15-7-6-8-20(15)9-10-21-12-14(18-19-21)11-17-16(3,4)5/h12-13,15,17H,6-11H2,1-5H3. The molecule has 1 N–H and O–H groups in total. The highest BCUT2D eigenvalue weighted by Gasteiger charge is 2.26. The Kier molecular flexibility index (Phi) is 5.38. The van der Waals surface area contributed by atoms with Gasteiger partial charge in [-0.15, -0.1) is 5.10 Å². The van der Waals surface area contributed by atoms with Crippen molar-refractivity contribution in [3.8, 4) is 0 Å². The first-order valence-corrected chi connectivity index (χ1v) is 8.23. The third kappa shape index (κ3) is 5.08. The summed E-state index contributed by atoms with van der Waals surface area (Å²) in [5, 5.41) is 11.9. The first-order chi connectivity index (χ1) is 9.85. The van der Waals surface area contributed by atoms with Gasteiger partial charge >= 0.3 is 0 Å². The number of aromatic nitrogens is 3. The van der Waals surface area contributed by atoms with Crippen LogP contribution in [0.1, 0.15) is 53.2 Å². The Hall–Kier alpha value is -0.940. The van der Waals surface area contributed by atoms with Crippen LogP contribution >= 0.6 is 0 Å². The molecule has 1 aromatic rings. The molecule has 0 aromatic carbocycles. The highest BCUT2D eigenvalue weighted by molar-refractivity contribution is 4.93. The SMILES string of the molecule is CC(C)C1CCCN1CCn1cc(CNC(C)(C)C)nn1. The topological polar surface area (TPSA) is 46.0 Å². The van der Waals surface area contributed by atoms with Gasteiger partial charge in [-0.3, -0.25) is 9.58 Å². The molecule has 1 aliphatic rings. The lowest BCUT2D eigenvalue weighted by Crippen LogP contribution is -2.35. The normalized spacial score (nSPS) is 20.6. The molecule has 1 saturated heterocycles. The van der Waals surface area contributed by atoms with Crippen molar-refractivity contribution in [2.24, 2.45) is 5.92 Å². The maximum atomic E-state index is 4.25. The van der Waals surface area contributed by atoms with Crippen LogP contribution in [0.15, 0.2) is 6.20 Å². The molecular weight excluding hydrogens is 262 g/mol. The molecule has 0 bridgehead atoms. The highest BCUT2D eigenvalue weighted by atomic mass is 15.4. The van der Waals surface area contributed by atoms with E-state index in [4.69, 9.17) is 0 Å². The van der Waals surface area contributed by atoms with E-state index >= 15 is 0 Å². The van der Waals surface area contributed by atoms with Crippen molar-refractivity contribution in [3.05, 3.63) is 11.9 Å². The maximum Gasteiger partial charge on any atom is 0.0965 e. The summed E-state index contributed by atoms with van der Waals surface area (Å²) in [4.78, 5) is 2.61. The Balaban J connectivity index is 1.80. The summed E-state index contributed by atoms with van der Waals surface area (Å²) in [5.74, 6) is 0.745. The van der Waals surface area contributed by atoms with E-state index in [2.05, 4.69) is 61.3 Å². The van der Waals surface area contributed by atoms with E-state index in [9.17, 15) is 0 Å². The minimum absolute atomic E-state index is 0.115. The molecule has 5 nitrogen and oxygen atoms in total. The van der Waals surface area contributed by atoms with Gasteiger partial charge in [0.2, 0.25) is 0 Å². The van der Waals surface area contributed by atoms with Crippen LogP contribution in [0.2, 0.25) is 0 Å². The van der Waals surface area contributed by atoms with Crippen LogP contribution in [0.3, 0.4) is 0 Å². The molecular formula is C16H31N5. The first kappa shape index (κ1) is 16.4. The van der Waals surface area contributed by atoms with Crippen LogP contribution in [-0.4, -0.2) is 44.6 Å². The molecule has 120 valence electrons. The van der Waals surface area contributed by atoms with E-state index in [0.29, 0.717) is 0 Å². The lowest BCUT2D eigenvalue weighted by molar-refractivity contribution is 0.197. The minimum atomic E-state index is 0.115. The van der Waals surface area contributed by atoms with Gasteiger partial charge in [0.15, 0.2) is 0 Å². The molecule has 1 fully saturated rings. The molecule has 0 amide bonds.